The summed E-state index contributed by atoms with van der Waals surface area (Å²) in [5.74, 6) is 1.79. The van der Waals surface area contributed by atoms with Crippen LogP contribution in [-0.2, 0) is 6.42 Å². The van der Waals surface area contributed by atoms with Crippen LogP contribution in [0.25, 0.3) is 22.4 Å². The maximum atomic E-state index is 5.64. The molecule has 1 N–H and O–H groups in total. The van der Waals surface area contributed by atoms with Gasteiger partial charge in [-0.05, 0) is 27.1 Å². The molecule has 0 saturated carbocycles. The smallest absolute Gasteiger partial charge is 0.268 e. The van der Waals surface area contributed by atoms with E-state index in [4.69, 9.17) is 4.42 Å². The number of nitrogens with zero attached hydrogens (tertiary/aromatic N) is 5. The van der Waals surface area contributed by atoms with Crippen LogP contribution < -0.4 is 5.32 Å². The van der Waals surface area contributed by atoms with Crippen molar-refractivity contribution in [2.75, 3.05) is 32.5 Å². The van der Waals surface area contributed by atoms with Crippen molar-refractivity contribution in [1.82, 2.24) is 25.3 Å². The van der Waals surface area contributed by atoms with Crippen molar-refractivity contribution in [2.24, 2.45) is 0 Å². The number of aromatic nitrogens is 4. The van der Waals surface area contributed by atoms with Gasteiger partial charge >= 0.3 is 0 Å². The number of aryl methyl sites for hydroxylation is 1. The second-order valence-electron chi connectivity index (χ2n) is 5.88. The first-order valence-corrected chi connectivity index (χ1v) is 8.15. The van der Waals surface area contributed by atoms with Gasteiger partial charge in [0.2, 0.25) is 5.89 Å². The topological polar surface area (TPSA) is 80.0 Å². The predicted molar refractivity (Wildman–Crippen MR) is 93.9 cm³/mol. The first-order valence-electron chi connectivity index (χ1n) is 8.15. The zero-order valence-corrected chi connectivity index (χ0v) is 14.3. The lowest BCUT2D eigenvalue weighted by atomic mass is 10.1. The van der Waals surface area contributed by atoms with Crippen molar-refractivity contribution in [2.45, 2.75) is 19.8 Å². The molecule has 2 heterocycles. The Balaban J connectivity index is 1.89. The molecule has 1 aromatic carbocycles. The maximum Gasteiger partial charge on any atom is 0.268 e. The van der Waals surface area contributed by atoms with Crippen LogP contribution in [0.2, 0.25) is 0 Å². The fourth-order valence-electron chi connectivity index (χ4n) is 2.49. The molecule has 0 atom stereocenters. The molecule has 126 valence electrons. The van der Waals surface area contributed by atoms with E-state index in [-0.39, 0.29) is 0 Å². The third-order valence-electron chi connectivity index (χ3n) is 3.73. The van der Waals surface area contributed by atoms with Crippen LogP contribution in [0.4, 0.5) is 5.82 Å². The van der Waals surface area contributed by atoms with Gasteiger partial charge in [-0.3, -0.25) is 0 Å². The largest absolute Gasteiger partial charge is 0.419 e. The van der Waals surface area contributed by atoms with Gasteiger partial charge < -0.3 is 14.6 Å². The van der Waals surface area contributed by atoms with E-state index in [1.54, 1.807) is 0 Å². The highest BCUT2D eigenvalue weighted by molar-refractivity contribution is 5.98. The van der Waals surface area contributed by atoms with Crippen molar-refractivity contribution in [3.63, 3.8) is 0 Å². The Hall–Kier alpha value is -2.54. The van der Waals surface area contributed by atoms with Gasteiger partial charge in [-0.25, -0.2) is 0 Å². The van der Waals surface area contributed by atoms with Crippen LogP contribution in [0.15, 0.2) is 28.7 Å². The minimum Gasteiger partial charge on any atom is -0.419 e. The van der Waals surface area contributed by atoms with Gasteiger partial charge in [0, 0.05) is 23.7 Å². The summed E-state index contributed by atoms with van der Waals surface area (Å²) >= 11 is 0. The molecule has 7 heteroatoms. The molecule has 0 aliphatic heterocycles. The Bertz CT molecular complexity index is 814. The molecule has 0 bridgehead atoms. The third-order valence-corrected chi connectivity index (χ3v) is 3.73. The minimum atomic E-state index is 0.412. The molecule has 0 radical (unpaired) electrons. The fourth-order valence-corrected chi connectivity index (χ4v) is 2.49. The Kier molecular flexibility index (Phi) is 5.00. The summed E-state index contributed by atoms with van der Waals surface area (Å²) in [5.41, 5.74) is 0.622. The molecule has 0 amide bonds. The molecule has 0 unspecified atom stereocenters. The van der Waals surface area contributed by atoms with Gasteiger partial charge in [-0.15, -0.1) is 20.4 Å². The Morgan fingerprint density at radius 1 is 1.04 bits per heavy atom. The Morgan fingerprint density at radius 2 is 1.83 bits per heavy atom. The number of hydrogen-bond donors (Lipinski definition) is 1. The molecular formula is C17H22N6O. The molecule has 0 aliphatic carbocycles. The van der Waals surface area contributed by atoms with Gasteiger partial charge in [0.25, 0.3) is 5.89 Å². The first-order chi connectivity index (χ1) is 11.7. The summed E-state index contributed by atoms with van der Waals surface area (Å²) < 4.78 is 5.64. The molecule has 0 spiro atoms. The molecule has 0 aliphatic rings. The third kappa shape index (κ3) is 3.51. The summed E-state index contributed by atoms with van der Waals surface area (Å²) in [4.78, 5) is 2.16. The van der Waals surface area contributed by atoms with Crippen LogP contribution in [0.3, 0.4) is 0 Å². The zero-order valence-electron chi connectivity index (χ0n) is 14.3. The lowest BCUT2D eigenvalue weighted by molar-refractivity contribution is 0.405. The number of nitrogens with one attached hydrogen (secondary N) is 1. The number of rotatable bonds is 7. The van der Waals surface area contributed by atoms with Crippen molar-refractivity contribution in [1.29, 1.82) is 0 Å². The quantitative estimate of drug-likeness (QED) is 0.668. The van der Waals surface area contributed by atoms with E-state index >= 15 is 0 Å². The van der Waals surface area contributed by atoms with Crippen LogP contribution >= 0.6 is 0 Å². The highest BCUT2D eigenvalue weighted by atomic mass is 16.4. The van der Waals surface area contributed by atoms with E-state index < -0.39 is 0 Å². The van der Waals surface area contributed by atoms with E-state index in [0.29, 0.717) is 23.9 Å². The highest BCUT2D eigenvalue weighted by Gasteiger charge is 2.15. The van der Waals surface area contributed by atoms with Gasteiger partial charge in [0.15, 0.2) is 11.5 Å². The number of anilines is 1. The SMILES string of the molecule is CCc1nnc(-c2nnc(NCCCN(C)C)c3ccccc23)o1. The van der Waals surface area contributed by atoms with E-state index in [1.165, 1.54) is 0 Å². The highest BCUT2D eigenvalue weighted by Crippen LogP contribution is 2.28. The molecule has 2 aromatic heterocycles. The van der Waals surface area contributed by atoms with Gasteiger partial charge in [0.1, 0.15) is 0 Å². The van der Waals surface area contributed by atoms with Crippen molar-refractivity contribution in [3.05, 3.63) is 30.2 Å². The van der Waals surface area contributed by atoms with Gasteiger partial charge in [-0.2, -0.15) is 0 Å². The Morgan fingerprint density at radius 3 is 2.54 bits per heavy atom. The standard InChI is InChI=1S/C17H22N6O/c1-4-14-19-22-17(24-14)15-12-8-5-6-9-13(12)16(21-20-15)18-10-7-11-23(2)3/h5-6,8-9H,4,7,10-11H2,1-3H3,(H,18,21). The summed E-state index contributed by atoms with van der Waals surface area (Å²) in [6.45, 7) is 3.84. The van der Waals surface area contributed by atoms with E-state index in [0.717, 1.165) is 36.1 Å². The molecule has 24 heavy (non-hydrogen) atoms. The first kappa shape index (κ1) is 16.3. The normalized spacial score (nSPS) is 11.3. The number of benzene rings is 1. The van der Waals surface area contributed by atoms with Crippen molar-refractivity contribution >= 4 is 16.6 Å². The van der Waals surface area contributed by atoms with Crippen molar-refractivity contribution in [3.8, 4) is 11.6 Å². The maximum absolute atomic E-state index is 5.64. The zero-order chi connectivity index (χ0) is 16.9. The molecule has 7 nitrogen and oxygen atoms in total. The molecule has 3 aromatic rings. The summed E-state index contributed by atoms with van der Waals surface area (Å²) in [6.07, 6.45) is 1.73. The predicted octanol–water partition coefficient (Wildman–Crippen LogP) is 2.61. The fraction of sp³-hybridized carbons (Fsp3) is 0.412. The van der Waals surface area contributed by atoms with Gasteiger partial charge in [-0.1, -0.05) is 31.2 Å². The van der Waals surface area contributed by atoms with E-state index in [2.05, 4.69) is 44.7 Å². The monoisotopic (exact) mass is 326 g/mol. The lowest BCUT2D eigenvalue weighted by Crippen LogP contribution is -2.16. The second kappa shape index (κ2) is 7.35. The molecule has 0 saturated heterocycles. The van der Waals surface area contributed by atoms with E-state index in [1.807, 2.05) is 31.2 Å². The number of hydrogen-bond acceptors (Lipinski definition) is 7. The molecule has 0 fully saturated rings. The number of fused-ring (bicyclic) bond motifs is 1. The van der Waals surface area contributed by atoms with Gasteiger partial charge in [0.05, 0.1) is 0 Å². The van der Waals surface area contributed by atoms with E-state index in [9.17, 15) is 0 Å². The van der Waals surface area contributed by atoms with Crippen LogP contribution in [0.1, 0.15) is 19.2 Å². The average molecular weight is 326 g/mol. The average Bonchev–Trinajstić information content (AvgIpc) is 3.07. The van der Waals surface area contributed by atoms with Crippen LogP contribution in [0.5, 0.6) is 0 Å². The summed E-state index contributed by atoms with van der Waals surface area (Å²) in [6, 6.07) is 7.99. The summed E-state index contributed by atoms with van der Waals surface area (Å²) in [7, 11) is 4.14. The second-order valence-corrected chi connectivity index (χ2v) is 5.88. The molecule has 3 rings (SSSR count). The lowest BCUT2D eigenvalue weighted by Gasteiger charge is -2.11. The van der Waals surface area contributed by atoms with Crippen molar-refractivity contribution < 1.29 is 4.42 Å². The minimum absolute atomic E-state index is 0.412. The van der Waals surface area contributed by atoms with Crippen LogP contribution in [0, 0.1) is 0 Å². The Labute approximate surface area is 141 Å². The van der Waals surface area contributed by atoms with Crippen LogP contribution in [-0.4, -0.2) is 52.5 Å². The summed E-state index contributed by atoms with van der Waals surface area (Å²) in [5, 5.41) is 22.1. The molecular weight excluding hydrogens is 304 g/mol.